The molecule has 0 saturated carbocycles. The molecule has 0 fully saturated rings. The summed E-state index contributed by atoms with van der Waals surface area (Å²) in [6.07, 6.45) is 2.06. The fraction of sp³-hybridized carbons (Fsp3) is 0.500. The molecule has 1 rings (SSSR count). The second-order valence-corrected chi connectivity index (χ2v) is 5.64. The van der Waals surface area contributed by atoms with E-state index in [-0.39, 0.29) is 18.3 Å². The molecule has 0 aromatic carbocycles. The zero-order valence-electron chi connectivity index (χ0n) is 9.26. The Labute approximate surface area is 96.1 Å². The van der Waals surface area contributed by atoms with Crippen LogP contribution in [0.3, 0.4) is 0 Å². The number of aryl methyl sites for hydroxylation is 1. The van der Waals surface area contributed by atoms with E-state index in [1.807, 2.05) is 6.07 Å². The molecule has 1 atom stereocenters. The monoisotopic (exact) mass is 243 g/mol. The summed E-state index contributed by atoms with van der Waals surface area (Å²) in [7, 11) is -3.24. The van der Waals surface area contributed by atoms with Gasteiger partial charge in [-0.25, -0.2) is 13.1 Å². The fourth-order valence-electron chi connectivity index (χ4n) is 1.12. The quantitative estimate of drug-likeness (QED) is 0.730. The first kappa shape index (κ1) is 13.1. The Morgan fingerprint density at radius 2 is 2.25 bits per heavy atom. The summed E-state index contributed by atoms with van der Waals surface area (Å²) >= 11 is 0. The van der Waals surface area contributed by atoms with Gasteiger partial charge in [0.05, 0.1) is 5.75 Å². The van der Waals surface area contributed by atoms with Gasteiger partial charge in [0, 0.05) is 30.9 Å². The van der Waals surface area contributed by atoms with Crippen molar-refractivity contribution in [3.05, 3.63) is 30.1 Å². The van der Waals surface area contributed by atoms with Crippen molar-refractivity contribution in [3.8, 4) is 0 Å². The van der Waals surface area contributed by atoms with Gasteiger partial charge in [-0.1, -0.05) is 6.07 Å². The first-order valence-electron chi connectivity index (χ1n) is 5.12. The van der Waals surface area contributed by atoms with Crippen LogP contribution in [0.1, 0.15) is 12.6 Å². The van der Waals surface area contributed by atoms with Crippen molar-refractivity contribution < 1.29 is 8.42 Å². The molecule has 16 heavy (non-hydrogen) atoms. The maximum atomic E-state index is 11.5. The number of nitrogens with one attached hydrogen (secondary N) is 1. The second-order valence-electron chi connectivity index (χ2n) is 3.72. The Balaban J connectivity index is 2.42. The number of nitrogens with zero attached hydrogens (tertiary/aromatic N) is 1. The van der Waals surface area contributed by atoms with Crippen LogP contribution in [0.15, 0.2) is 24.4 Å². The summed E-state index contributed by atoms with van der Waals surface area (Å²) in [6, 6.07) is 5.27. The van der Waals surface area contributed by atoms with Crippen LogP contribution >= 0.6 is 0 Å². The van der Waals surface area contributed by atoms with Gasteiger partial charge in [-0.3, -0.25) is 4.98 Å². The average Bonchev–Trinajstić information content (AvgIpc) is 2.26. The largest absolute Gasteiger partial charge is 0.327 e. The van der Waals surface area contributed by atoms with Crippen LogP contribution in [0.4, 0.5) is 0 Å². The summed E-state index contributed by atoms with van der Waals surface area (Å²) in [5.74, 6) is 0.0384. The van der Waals surface area contributed by atoms with Gasteiger partial charge in [-0.2, -0.15) is 0 Å². The number of hydrogen-bond acceptors (Lipinski definition) is 4. The predicted octanol–water partition coefficient (Wildman–Crippen LogP) is -0.109. The molecule has 1 aromatic rings. The highest BCUT2D eigenvalue weighted by Gasteiger charge is 2.10. The molecule has 0 aliphatic heterocycles. The molecule has 1 heterocycles. The maximum Gasteiger partial charge on any atom is 0.212 e. The third-order valence-corrected chi connectivity index (χ3v) is 3.33. The number of pyridine rings is 1. The number of sulfonamides is 1. The zero-order chi connectivity index (χ0) is 12.0. The van der Waals surface area contributed by atoms with E-state index < -0.39 is 10.0 Å². The molecule has 0 saturated heterocycles. The van der Waals surface area contributed by atoms with Gasteiger partial charge in [0.2, 0.25) is 10.0 Å². The van der Waals surface area contributed by atoms with Crippen molar-refractivity contribution in [1.29, 1.82) is 0 Å². The summed E-state index contributed by atoms with van der Waals surface area (Å²) in [6.45, 7) is 2.02. The molecule has 0 aliphatic rings. The molecule has 0 aliphatic carbocycles. The smallest absolute Gasteiger partial charge is 0.212 e. The second kappa shape index (κ2) is 5.93. The third kappa shape index (κ3) is 5.20. The minimum Gasteiger partial charge on any atom is -0.327 e. The Hall–Kier alpha value is -0.980. The first-order chi connectivity index (χ1) is 7.49. The van der Waals surface area contributed by atoms with Gasteiger partial charge in [0.1, 0.15) is 0 Å². The highest BCUT2D eigenvalue weighted by Crippen LogP contribution is 1.97. The highest BCUT2D eigenvalue weighted by molar-refractivity contribution is 7.89. The molecule has 0 amide bonds. The molecule has 90 valence electrons. The maximum absolute atomic E-state index is 11.5. The van der Waals surface area contributed by atoms with Crippen LogP contribution in [-0.4, -0.2) is 31.7 Å². The summed E-state index contributed by atoms with van der Waals surface area (Å²) in [5.41, 5.74) is 6.24. The molecule has 1 aromatic heterocycles. The average molecular weight is 243 g/mol. The summed E-state index contributed by atoms with van der Waals surface area (Å²) in [5, 5.41) is 0. The van der Waals surface area contributed by atoms with Gasteiger partial charge >= 0.3 is 0 Å². The SMILES string of the molecule is CC(N)CNS(=O)(=O)CCc1ccccn1. The van der Waals surface area contributed by atoms with Crippen molar-refractivity contribution >= 4 is 10.0 Å². The van der Waals surface area contributed by atoms with Gasteiger partial charge in [-0.15, -0.1) is 0 Å². The van der Waals surface area contributed by atoms with E-state index in [9.17, 15) is 8.42 Å². The van der Waals surface area contributed by atoms with Crippen molar-refractivity contribution in [3.63, 3.8) is 0 Å². The van der Waals surface area contributed by atoms with Crippen LogP contribution in [-0.2, 0) is 16.4 Å². The molecule has 0 bridgehead atoms. The molecular formula is C10H17N3O2S. The lowest BCUT2D eigenvalue weighted by molar-refractivity contribution is 0.573. The lowest BCUT2D eigenvalue weighted by atomic mass is 10.3. The van der Waals surface area contributed by atoms with Crippen LogP contribution in [0.2, 0.25) is 0 Å². The summed E-state index contributed by atoms with van der Waals surface area (Å²) < 4.78 is 25.5. The van der Waals surface area contributed by atoms with Gasteiger partial charge < -0.3 is 5.73 Å². The third-order valence-electron chi connectivity index (χ3n) is 1.98. The van der Waals surface area contributed by atoms with Crippen molar-refractivity contribution in [1.82, 2.24) is 9.71 Å². The molecule has 3 N–H and O–H groups in total. The van der Waals surface area contributed by atoms with Crippen molar-refractivity contribution in [2.45, 2.75) is 19.4 Å². The van der Waals surface area contributed by atoms with E-state index in [1.54, 1.807) is 25.3 Å². The van der Waals surface area contributed by atoms with E-state index in [1.165, 1.54) is 0 Å². The van der Waals surface area contributed by atoms with Gasteiger partial charge in [0.25, 0.3) is 0 Å². The molecule has 0 spiro atoms. The Kier molecular flexibility index (Phi) is 4.85. The first-order valence-corrected chi connectivity index (χ1v) is 6.77. The standard InChI is InChI=1S/C10H17N3O2S/c1-9(11)8-13-16(14,15)7-5-10-4-2-3-6-12-10/h2-4,6,9,13H,5,7-8,11H2,1H3. The minimum absolute atomic E-state index is 0.0384. The van der Waals surface area contributed by atoms with Crippen molar-refractivity contribution in [2.75, 3.05) is 12.3 Å². The minimum atomic E-state index is -3.24. The lowest BCUT2D eigenvalue weighted by Crippen LogP contribution is -2.36. The van der Waals surface area contributed by atoms with E-state index in [0.717, 1.165) is 5.69 Å². The molecule has 1 unspecified atom stereocenters. The molecule has 6 heteroatoms. The van der Waals surface area contributed by atoms with E-state index >= 15 is 0 Å². The van der Waals surface area contributed by atoms with Gasteiger partial charge in [-0.05, 0) is 19.1 Å². The normalized spacial score (nSPS) is 13.6. The van der Waals surface area contributed by atoms with E-state index in [0.29, 0.717) is 6.42 Å². The molecule has 0 radical (unpaired) electrons. The lowest BCUT2D eigenvalue weighted by Gasteiger charge is -2.08. The van der Waals surface area contributed by atoms with Crippen molar-refractivity contribution in [2.24, 2.45) is 5.73 Å². The predicted molar refractivity (Wildman–Crippen MR) is 63.4 cm³/mol. The topological polar surface area (TPSA) is 85.1 Å². The number of rotatable bonds is 6. The Bertz CT molecular complexity index is 403. The van der Waals surface area contributed by atoms with E-state index in [2.05, 4.69) is 9.71 Å². The Morgan fingerprint density at radius 1 is 1.50 bits per heavy atom. The number of hydrogen-bond donors (Lipinski definition) is 2. The summed E-state index contributed by atoms with van der Waals surface area (Å²) in [4.78, 5) is 4.06. The number of nitrogens with two attached hydrogens (primary N) is 1. The van der Waals surface area contributed by atoms with Gasteiger partial charge in [0.15, 0.2) is 0 Å². The molecular weight excluding hydrogens is 226 g/mol. The van der Waals surface area contributed by atoms with Crippen LogP contribution in [0.5, 0.6) is 0 Å². The van der Waals surface area contributed by atoms with E-state index in [4.69, 9.17) is 5.73 Å². The number of aromatic nitrogens is 1. The fourth-order valence-corrected chi connectivity index (χ4v) is 2.25. The van der Waals surface area contributed by atoms with Crippen LogP contribution in [0, 0.1) is 0 Å². The highest BCUT2D eigenvalue weighted by atomic mass is 32.2. The molecule has 5 nitrogen and oxygen atoms in total. The zero-order valence-corrected chi connectivity index (χ0v) is 10.1. The van der Waals surface area contributed by atoms with Crippen LogP contribution in [0.25, 0.3) is 0 Å². The van der Waals surface area contributed by atoms with Crippen LogP contribution < -0.4 is 10.5 Å². The Morgan fingerprint density at radius 3 is 2.81 bits per heavy atom.